The van der Waals surface area contributed by atoms with Gasteiger partial charge in [0.05, 0.1) is 0 Å². The molecule has 0 aliphatic carbocycles. The van der Waals surface area contributed by atoms with Crippen molar-refractivity contribution in [1.29, 1.82) is 0 Å². The molecule has 2 rings (SSSR count). The molecule has 0 fully saturated rings. The summed E-state index contributed by atoms with van der Waals surface area (Å²) in [4.78, 5) is 13.3. The highest BCUT2D eigenvalue weighted by Gasteiger charge is 2.02. The van der Waals surface area contributed by atoms with Crippen molar-refractivity contribution in [3.05, 3.63) is 29.3 Å². The fourth-order valence-electron chi connectivity index (χ4n) is 1.09. The number of benzene rings is 1. The van der Waals surface area contributed by atoms with Crippen LogP contribution in [0.1, 0.15) is 0 Å². The Kier molecular flexibility index (Phi) is 1.89. The summed E-state index contributed by atoms with van der Waals surface area (Å²) in [5.41, 5.74) is 0.613. The van der Waals surface area contributed by atoms with E-state index in [9.17, 15) is 4.79 Å². The molecule has 0 N–H and O–H groups in total. The van der Waals surface area contributed by atoms with Gasteiger partial charge in [0.2, 0.25) is 12.0 Å². The maximum Gasteiger partial charge on any atom is 0.243 e. The molecule has 0 aliphatic heterocycles. The molecule has 13 heavy (non-hydrogen) atoms. The molecule has 3 nitrogen and oxygen atoms in total. The van der Waals surface area contributed by atoms with Crippen molar-refractivity contribution in [2.24, 2.45) is 4.99 Å². The maximum atomic E-state index is 9.94. The highest BCUT2D eigenvalue weighted by molar-refractivity contribution is 6.31. The van der Waals surface area contributed by atoms with Gasteiger partial charge >= 0.3 is 0 Å². The second-order valence-electron chi connectivity index (χ2n) is 2.47. The molecule has 0 unspecified atom stereocenters. The molecule has 0 saturated carbocycles. The van der Waals surface area contributed by atoms with E-state index in [1.165, 1.54) is 6.08 Å². The summed E-state index contributed by atoms with van der Waals surface area (Å²) >= 11 is 5.74. The van der Waals surface area contributed by atoms with Crippen molar-refractivity contribution in [3.63, 3.8) is 0 Å². The van der Waals surface area contributed by atoms with Crippen LogP contribution in [-0.4, -0.2) is 6.08 Å². The molecule has 1 aromatic carbocycles. The average Bonchev–Trinajstić information content (AvgIpc) is 2.46. The second-order valence-corrected chi connectivity index (χ2v) is 2.91. The fourth-order valence-corrected chi connectivity index (χ4v) is 1.25. The van der Waals surface area contributed by atoms with Gasteiger partial charge in [-0.25, -0.2) is 4.79 Å². The lowest BCUT2D eigenvalue weighted by Gasteiger charge is -1.87. The number of aliphatic imine (C=N–C) groups is 1. The molecular formula is C9H4ClNO2. The highest BCUT2D eigenvalue weighted by atomic mass is 35.5. The summed E-state index contributed by atoms with van der Waals surface area (Å²) < 4.78 is 5.18. The quantitative estimate of drug-likeness (QED) is 0.516. The lowest BCUT2D eigenvalue weighted by molar-refractivity contribution is 0.561. The van der Waals surface area contributed by atoms with Gasteiger partial charge in [0, 0.05) is 22.5 Å². The molecule has 0 amide bonds. The number of hydrogen-bond acceptors (Lipinski definition) is 3. The van der Waals surface area contributed by atoms with Gasteiger partial charge in [-0.1, -0.05) is 11.6 Å². The SMILES string of the molecule is O=C=Nc1cc2ccc(Cl)cc2o1. The predicted octanol–water partition coefficient (Wildman–Crippen LogP) is 3.05. The van der Waals surface area contributed by atoms with Crippen LogP contribution in [0.5, 0.6) is 0 Å². The molecule has 2 aromatic rings. The zero-order chi connectivity index (χ0) is 9.26. The van der Waals surface area contributed by atoms with E-state index in [0.717, 1.165) is 5.39 Å². The van der Waals surface area contributed by atoms with E-state index >= 15 is 0 Å². The number of carbonyl (C=O) groups excluding carboxylic acids is 1. The van der Waals surface area contributed by atoms with E-state index in [2.05, 4.69) is 4.99 Å². The lowest BCUT2D eigenvalue weighted by atomic mass is 10.3. The van der Waals surface area contributed by atoms with Gasteiger partial charge in [-0.3, -0.25) is 0 Å². The van der Waals surface area contributed by atoms with E-state index in [-0.39, 0.29) is 5.88 Å². The van der Waals surface area contributed by atoms with Crippen LogP contribution in [0.3, 0.4) is 0 Å². The highest BCUT2D eigenvalue weighted by Crippen LogP contribution is 2.26. The first-order valence-electron chi connectivity index (χ1n) is 3.56. The van der Waals surface area contributed by atoms with E-state index < -0.39 is 0 Å². The van der Waals surface area contributed by atoms with E-state index in [1.807, 2.05) is 0 Å². The van der Waals surface area contributed by atoms with Crippen molar-refractivity contribution >= 4 is 34.5 Å². The number of fused-ring (bicyclic) bond motifs is 1. The van der Waals surface area contributed by atoms with Gasteiger partial charge in [-0.15, -0.1) is 4.99 Å². The van der Waals surface area contributed by atoms with E-state index in [0.29, 0.717) is 10.6 Å². The van der Waals surface area contributed by atoms with Crippen molar-refractivity contribution < 1.29 is 9.21 Å². The third-order valence-corrected chi connectivity index (χ3v) is 1.86. The molecule has 0 atom stereocenters. The molecule has 0 aliphatic rings. The smallest absolute Gasteiger partial charge is 0.243 e. The van der Waals surface area contributed by atoms with Gasteiger partial charge in [0.15, 0.2) is 0 Å². The van der Waals surface area contributed by atoms with Gasteiger partial charge < -0.3 is 4.42 Å². The van der Waals surface area contributed by atoms with Crippen molar-refractivity contribution in [1.82, 2.24) is 0 Å². The van der Waals surface area contributed by atoms with Gasteiger partial charge in [0.25, 0.3) is 0 Å². The Labute approximate surface area is 78.6 Å². The Morgan fingerprint density at radius 1 is 1.38 bits per heavy atom. The minimum absolute atomic E-state index is 0.243. The summed E-state index contributed by atoms with van der Waals surface area (Å²) in [7, 11) is 0. The second kappa shape index (κ2) is 3.05. The standard InChI is InChI=1S/C9H4ClNO2/c10-7-2-1-6-3-9(11-5-12)13-8(6)4-7/h1-4H. The minimum Gasteiger partial charge on any atom is -0.438 e. The van der Waals surface area contributed by atoms with Crippen LogP contribution in [0, 0.1) is 0 Å². The molecule has 0 radical (unpaired) electrons. The number of nitrogens with zero attached hydrogens (tertiary/aromatic N) is 1. The number of isocyanates is 1. The van der Waals surface area contributed by atoms with Crippen LogP contribution in [-0.2, 0) is 4.79 Å². The van der Waals surface area contributed by atoms with Crippen molar-refractivity contribution in [2.45, 2.75) is 0 Å². The van der Waals surface area contributed by atoms with Gasteiger partial charge in [-0.05, 0) is 12.1 Å². The van der Waals surface area contributed by atoms with Crippen molar-refractivity contribution in [3.8, 4) is 0 Å². The normalized spacial score (nSPS) is 9.92. The molecule has 4 heteroatoms. The van der Waals surface area contributed by atoms with Crippen LogP contribution in [0.15, 0.2) is 33.7 Å². The minimum atomic E-state index is 0.243. The summed E-state index contributed by atoms with van der Waals surface area (Å²) in [6.07, 6.45) is 1.41. The largest absolute Gasteiger partial charge is 0.438 e. The lowest BCUT2D eigenvalue weighted by Crippen LogP contribution is -1.62. The number of halogens is 1. The third kappa shape index (κ3) is 1.47. The van der Waals surface area contributed by atoms with Gasteiger partial charge in [-0.2, -0.15) is 0 Å². The molecule has 0 saturated heterocycles. The maximum absolute atomic E-state index is 9.94. The Morgan fingerprint density at radius 3 is 3.00 bits per heavy atom. The molecule has 0 spiro atoms. The monoisotopic (exact) mass is 193 g/mol. The fraction of sp³-hybridized carbons (Fsp3) is 0. The molecule has 1 heterocycles. The topological polar surface area (TPSA) is 42.6 Å². The summed E-state index contributed by atoms with van der Waals surface area (Å²) in [5.74, 6) is 0.243. The first-order chi connectivity index (χ1) is 6.29. The first-order valence-corrected chi connectivity index (χ1v) is 3.94. The third-order valence-electron chi connectivity index (χ3n) is 1.62. The van der Waals surface area contributed by atoms with E-state index in [1.54, 1.807) is 24.3 Å². The number of furan rings is 1. The van der Waals surface area contributed by atoms with Crippen molar-refractivity contribution in [2.75, 3.05) is 0 Å². The summed E-state index contributed by atoms with van der Waals surface area (Å²) in [6.45, 7) is 0. The summed E-state index contributed by atoms with van der Waals surface area (Å²) in [5, 5.41) is 1.45. The zero-order valence-electron chi connectivity index (χ0n) is 6.45. The average molecular weight is 194 g/mol. The molecule has 1 aromatic heterocycles. The number of hydrogen-bond donors (Lipinski definition) is 0. The summed E-state index contributed by atoms with van der Waals surface area (Å²) in [6, 6.07) is 6.86. The van der Waals surface area contributed by atoms with Crippen LogP contribution >= 0.6 is 11.6 Å². The molecular weight excluding hydrogens is 190 g/mol. The van der Waals surface area contributed by atoms with Crippen LogP contribution in [0.25, 0.3) is 11.0 Å². The zero-order valence-corrected chi connectivity index (χ0v) is 7.21. The molecule has 64 valence electrons. The van der Waals surface area contributed by atoms with Crippen LogP contribution in [0.2, 0.25) is 5.02 Å². The Balaban J connectivity index is 2.68. The first kappa shape index (κ1) is 8.05. The van der Waals surface area contributed by atoms with E-state index in [4.69, 9.17) is 16.0 Å². The number of rotatable bonds is 1. The van der Waals surface area contributed by atoms with Crippen LogP contribution < -0.4 is 0 Å². The Bertz CT molecular complexity index is 497. The Morgan fingerprint density at radius 2 is 2.23 bits per heavy atom. The van der Waals surface area contributed by atoms with Gasteiger partial charge in [0.1, 0.15) is 5.58 Å². The predicted molar refractivity (Wildman–Crippen MR) is 49.0 cm³/mol. The molecule has 0 bridgehead atoms. The van der Waals surface area contributed by atoms with Crippen LogP contribution in [0.4, 0.5) is 5.88 Å². The Hall–Kier alpha value is -1.57.